The van der Waals surface area contributed by atoms with Crippen LogP contribution in [0.3, 0.4) is 0 Å². The zero-order chi connectivity index (χ0) is 10.2. The van der Waals surface area contributed by atoms with Crippen molar-refractivity contribution >= 4 is 0 Å². The van der Waals surface area contributed by atoms with Crippen LogP contribution in [0.1, 0.15) is 31.2 Å². The number of hydrogen-bond donors (Lipinski definition) is 1. The van der Waals surface area contributed by atoms with E-state index in [2.05, 4.69) is 37.3 Å². The predicted molar refractivity (Wildman–Crippen MR) is 60.3 cm³/mol. The van der Waals surface area contributed by atoms with Crippen LogP contribution in [0.15, 0.2) is 42.5 Å². The van der Waals surface area contributed by atoms with Crippen LogP contribution in [-0.2, 0) is 0 Å². The number of allylic oxidation sites excluding steroid dienone is 1. The van der Waals surface area contributed by atoms with Crippen molar-refractivity contribution in [1.29, 1.82) is 0 Å². The molecule has 1 N–H and O–H groups in total. The molecule has 1 heteroatoms. The molecule has 0 spiro atoms. The van der Waals surface area contributed by atoms with Gasteiger partial charge in [-0.25, -0.2) is 0 Å². The molecule has 0 radical (unpaired) electrons. The summed E-state index contributed by atoms with van der Waals surface area (Å²) in [4.78, 5) is 0. The molecule has 0 aliphatic rings. The van der Waals surface area contributed by atoms with Crippen LogP contribution in [0.5, 0.6) is 0 Å². The quantitative estimate of drug-likeness (QED) is 0.707. The van der Waals surface area contributed by atoms with Crippen molar-refractivity contribution in [2.24, 2.45) is 0 Å². The first-order valence-electron chi connectivity index (χ1n) is 5.21. The second-order valence-electron chi connectivity index (χ2n) is 3.42. The van der Waals surface area contributed by atoms with Crippen LogP contribution in [-0.4, -0.2) is 11.7 Å². The Bertz CT molecular complexity index is 264. The van der Waals surface area contributed by atoms with Crippen molar-refractivity contribution in [1.82, 2.24) is 0 Å². The summed E-state index contributed by atoms with van der Waals surface area (Å²) in [6.45, 7) is 2.32. The largest absolute Gasteiger partial charge is 0.392 e. The Hall–Kier alpha value is -1.08. The van der Waals surface area contributed by atoms with Gasteiger partial charge in [0.2, 0.25) is 0 Å². The minimum Gasteiger partial charge on any atom is -0.392 e. The molecule has 0 saturated carbocycles. The van der Waals surface area contributed by atoms with Gasteiger partial charge in [-0.3, -0.25) is 0 Å². The summed E-state index contributed by atoms with van der Waals surface area (Å²) < 4.78 is 0. The van der Waals surface area contributed by atoms with E-state index < -0.39 is 0 Å². The lowest BCUT2D eigenvalue weighted by Gasteiger charge is -2.11. The maximum absolute atomic E-state index is 8.74. The van der Waals surface area contributed by atoms with Gasteiger partial charge < -0.3 is 5.11 Å². The average Bonchev–Trinajstić information content (AvgIpc) is 2.25. The third-order valence-electron chi connectivity index (χ3n) is 2.30. The van der Waals surface area contributed by atoms with Crippen molar-refractivity contribution in [3.63, 3.8) is 0 Å². The van der Waals surface area contributed by atoms with Crippen LogP contribution in [0, 0.1) is 0 Å². The highest BCUT2D eigenvalue weighted by atomic mass is 16.2. The van der Waals surface area contributed by atoms with E-state index in [0.717, 1.165) is 12.8 Å². The third-order valence-corrected chi connectivity index (χ3v) is 2.30. The smallest absolute Gasteiger partial charge is 0.0612 e. The molecule has 0 fully saturated rings. The van der Waals surface area contributed by atoms with Gasteiger partial charge in [0.15, 0.2) is 0 Å². The molecular formula is C13H18O. The van der Waals surface area contributed by atoms with Gasteiger partial charge >= 0.3 is 0 Å². The van der Waals surface area contributed by atoms with E-state index in [1.807, 2.05) is 12.1 Å². The first-order valence-corrected chi connectivity index (χ1v) is 5.21. The Morgan fingerprint density at radius 3 is 2.57 bits per heavy atom. The van der Waals surface area contributed by atoms with E-state index in [9.17, 15) is 0 Å². The molecule has 1 atom stereocenters. The van der Waals surface area contributed by atoms with E-state index in [0.29, 0.717) is 5.92 Å². The van der Waals surface area contributed by atoms with Gasteiger partial charge in [0.1, 0.15) is 0 Å². The highest BCUT2D eigenvalue weighted by Gasteiger charge is 2.04. The summed E-state index contributed by atoms with van der Waals surface area (Å²) in [6, 6.07) is 10.4. The Labute approximate surface area is 86.1 Å². The number of benzene rings is 1. The van der Waals surface area contributed by atoms with E-state index >= 15 is 0 Å². The SMILES string of the molecule is CCCC(C=CCO)c1ccccc1. The summed E-state index contributed by atoms with van der Waals surface area (Å²) in [6.07, 6.45) is 6.22. The highest BCUT2D eigenvalue weighted by molar-refractivity contribution is 5.23. The molecular weight excluding hydrogens is 172 g/mol. The molecule has 1 aromatic carbocycles. The van der Waals surface area contributed by atoms with Crippen molar-refractivity contribution in [3.8, 4) is 0 Å². The molecule has 1 nitrogen and oxygen atoms in total. The third kappa shape index (κ3) is 3.35. The Morgan fingerprint density at radius 1 is 1.29 bits per heavy atom. The summed E-state index contributed by atoms with van der Waals surface area (Å²) in [5, 5.41) is 8.74. The second-order valence-corrected chi connectivity index (χ2v) is 3.42. The van der Waals surface area contributed by atoms with Crippen LogP contribution < -0.4 is 0 Å². The fourth-order valence-electron chi connectivity index (χ4n) is 1.61. The first kappa shape index (κ1) is 11.0. The topological polar surface area (TPSA) is 20.2 Å². The second kappa shape index (κ2) is 6.39. The molecule has 0 amide bonds. The highest BCUT2D eigenvalue weighted by Crippen LogP contribution is 2.22. The fourth-order valence-corrected chi connectivity index (χ4v) is 1.61. The lowest BCUT2D eigenvalue weighted by Crippen LogP contribution is -1.94. The van der Waals surface area contributed by atoms with Gasteiger partial charge in [-0.05, 0) is 12.0 Å². The molecule has 0 aromatic heterocycles. The zero-order valence-corrected chi connectivity index (χ0v) is 8.69. The molecule has 0 aliphatic heterocycles. The molecule has 1 unspecified atom stereocenters. The Balaban J connectivity index is 2.72. The van der Waals surface area contributed by atoms with Crippen LogP contribution in [0.4, 0.5) is 0 Å². The molecule has 76 valence electrons. The van der Waals surface area contributed by atoms with Crippen molar-refractivity contribution < 1.29 is 5.11 Å². The van der Waals surface area contributed by atoms with E-state index in [1.54, 1.807) is 0 Å². The van der Waals surface area contributed by atoms with Gasteiger partial charge in [-0.15, -0.1) is 0 Å². The number of rotatable bonds is 5. The first-order chi connectivity index (χ1) is 6.88. The molecule has 0 heterocycles. The van der Waals surface area contributed by atoms with Gasteiger partial charge in [0.25, 0.3) is 0 Å². The Kier molecular flexibility index (Phi) is 5.02. The summed E-state index contributed by atoms with van der Waals surface area (Å²) in [5.41, 5.74) is 1.33. The standard InChI is InChI=1S/C13H18O/c1-2-7-12(10-6-11-14)13-8-4-3-5-9-13/h3-6,8-10,12,14H,2,7,11H2,1H3. The van der Waals surface area contributed by atoms with Crippen molar-refractivity contribution in [2.45, 2.75) is 25.7 Å². The monoisotopic (exact) mass is 190 g/mol. The molecule has 0 bridgehead atoms. The fraction of sp³-hybridized carbons (Fsp3) is 0.385. The van der Waals surface area contributed by atoms with Crippen molar-refractivity contribution in [2.75, 3.05) is 6.61 Å². The molecule has 0 aliphatic carbocycles. The minimum atomic E-state index is 0.132. The molecule has 0 saturated heterocycles. The lowest BCUT2D eigenvalue weighted by molar-refractivity contribution is 0.342. The van der Waals surface area contributed by atoms with Gasteiger partial charge in [0, 0.05) is 5.92 Å². The van der Waals surface area contributed by atoms with Crippen LogP contribution in [0.25, 0.3) is 0 Å². The normalized spacial score (nSPS) is 13.3. The maximum atomic E-state index is 8.74. The van der Waals surface area contributed by atoms with E-state index in [1.165, 1.54) is 5.56 Å². The van der Waals surface area contributed by atoms with Gasteiger partial charge in [-0.1, -0.05) is 55.8 Å². The van der Waals surface area contributed by atoms with E-state index in [4.69, 9.17) is 5.11 Å². The summed E-state index contributed by atoms with van der Waals surface area (Å²) >= 11 is 0. The van der Waals surface area contributed by atoms with Crippen LogP contribution >= 0.6 is 0 Å². The molecule has 1 aromatic rings. The zero-order valence-electron chi connectivity index (χ0n) is 8.69. The minimum absolute atomic E-state index is 0.132. The lowest BCUT2D eigenvalue weighted by atomic mass is 9.94. The average molecular weight is 190 g/mol. The number of aliphatic hydroxyl groups is 1. The van der Waals surface area contributed by atoms with Gasteiger partial charge in [-0.2, -0.15) is 0 Å². The Morgan fingerprint density at radius 2 is 2.00 bits per heavy atom. The maximum Gasteiger partial charge on any atom is 0.0612 e. The molecule has 1 rings (SSSR count). The van der Waals surface area contributed by atoms with Crippen molar-refractivity contribution in [3.05, 3.63) is 48.0 Å². The summed E-state index contributed by atoms with van der Waals surface area (Å²) in [5.74, 6) is 0.452. The predicted octanol–water partition coefficient (Wildman–Crippen LogP) is 3.12. The van der Waals surface area contributed by atoms with Gasteiger partial charge in [0.05, 0.1) is 6.61 Å². The molecule has 14 heavy (non-hydrogen) atoms. The van der Waals surface area contributed by atoms with E-state index in [-0.39, 0.29) is 6.61 Å². The number of hydrogen-bond acceptors (Lipinski definition) is 1. The number of aliphatic hydroxyl groups excluding tert-OH is 1. The van der Waals surface area contributed by atoms with Crippen LogP contribution in [0.2, 0.25) is 0 Å². The summed E-state index contributed by atoms with van der Waals surface area (Å²) in [7, 11) is 0.